The van der Waals surface area contributed by atoms with Crippen molar-refractivity contribution < 1.29 is 5.11 Å². The van der Waals surface area contributed by atoms with Crippen molar-refractivity contribution in [2.45, 2.75) is 6.42 Å². The van der Waals surface area contributed by atoms with Crippen molar-refractivity contribution in [3.8, 4) is 39.5 Å². The van der Waals surface area contributed by atoms with Gasteiger partial charge in [-0.15, -0.1) is 0 Å². The van der Waals surface area contributed by atoms with Gasteiger partial charge in [-0.25, -0.2) is 4.98 Å². The number of benzene rings is 3. The largest absolute Gasteiger partial charge is 0.507 e. The van der Waals surface area contributed by atoms with Crippen molar-refractivity contribution in [2.75, 3.05) is 0 Å². The van der Waals surface area contributed by atoms with E-state index in [1.807, 2.05) is 84.9 Å². The van der Waals surface area contributed by atoms with Gasteiger partial charge < -0.3 is 5.11 Å². The average molecular weight is 415 g/mol. The first-order valence-corrected chi connectivity index (χ1v) is 10.6. The van der Waals surface area contributed by atoms with Gasteiger partial charge in [0.25, 0.3) is 0 Å². The van der Waals surface area contributed by atoms with Crippen LogP contribution in [0.2, 0.25) is 0 Å². The predicted octanol–water partition coefficient (Wildman–Crippen LogP) is 6.77. The van der Waals surface area contributed by atoms with Crippen molar-refractivity contribution in [1.82, 2.24) is 9.97 Å². The molecule has 0 aliphatic carbocycles. The summed E-state index contributed by atoms with van der Waals surface area (Å²) in [6, 6.07) is 36.1. The van der Waals surface area contributed by atoms with Crippen molar-refractivity contribution in [2.24, 2.45) is 0 Å². The molecule has 2 aromatic heterocycles. The molecule has 0 unspecified atom stereocenters. The lowest BCUT2D eigenvalue weighted by atomic mass is 10.0. The monoisotopic (exact) mass is 414 g/mol. The lowest BCUT2D eigenvalue weighted by Gasteiger charge is -2.10. The third-order valence-electron chi connectivity index (χ3n) is 5.46. The van der Waals surface area contributed by atoms with E-state index in [1.54, 1.807) is 6.20 Å². The maximum atomic E-state index is 10.7. The Bertz CT molecular complexity index is 1350. The predicted molar refractivity (Wildman–Crippen MR) is 129 cm³/mol. The second-order valence-corrected chi connectivity index (χ2v) is 7.72. The molecule has 5 rings (SSSR count). The number of aromatic hydroxyl groups is 1. The summed E-state index contributed by atoms with van der Waals surface area (Å²) in [5.74, 6) is 0.241. The van der Waals surface area contributed by atoms with Crippen LogP contribution in [0.1, 0.15) is 11.1 Å². The minimum atomic E-state index is 0.241. The van der Waals surface area contributed by atoms with E-state index >= 15 is 0 Å². The van der Waals surface area contributed by atoms with Crippen LogP contribution in [-0.2, 0) is 6.42 Å². The molecule has 3 heteroatoms. The van der Waals surface area contributed by atoms with Crippen molar-refractivity contribution in [3.05, 3.63) is 127 Å². The summed E-state index contributed by atoms with van der Waals surface area (Å²) >= 11 is 0. The molecule has 32 heavy (non-hydrogen) atoms. The summed E-state index contributed by atoms with van der Waals surface area (Å²) in [7, 11) is 0. The SMILES string of the molecule is Oc1cc(Cc2ccccc2)ccc1-c1cccc(-c2cccc(-c3ccccn3)c2)n1. The summed E-state index contributed by atoms with van der Waals surface area (Å²) in [6.07, 6.45) is 2.58. The molecular formula is C29H22N2O. The Morgan fingerprint density at radius 1 is 0.562 bits per heavy atom. The highest BCUT2D eigenvalue weighted by Crippen LogP contribution is 2.31. The zero-order valence-corrected chi connectivity index (χ0v) is 17.5. The Morgan fingerprint density at radius 2 is 1.28 bits per heavy atom. The van der Waals surface area contributed by atoms with Crippen molar-refractivity contribution >= 4 is 0 Å². The van der Waals surface area contributed by atoms with Crippen LogP contribution in [0, 0.1) is 0 Å². The second-order valence-electron chi connectivity index (χ2n) is 7.72. The average Bonchev–Trinajstić information content (AvgIpc) is 2.85. The molecule has 0 aliphatic heterocycles. The van der Waals surface area contributed by atoms with E-state index in [4.69, 9.17) is 4.98 Å². The zero-order valence-electron chi connectivity index (χ0n) is 17.5. The van der Waals surface area contributed by atoms with Crippen LogP contribution in [0.4, 0.5) is 0 Å². The number of phenols is 1. The minimum absolute atomic E-state index is 0.241. The first kappa shape index (κ1) is 19.7. The number of hydrogen-bond donors (Lipinski definition) is 1. The Morgan fingerprint density at radius 3 is 2.06 bits per heavy atom. The Hall–Kier alpha value is -4.24. The van der Waals surface area contributed by atoms with E-state index in [0.717, 1.165) is 45.8 Å². The van der Waals surface area contributed by atoms with Gasteiger partial charge in [-0.3, -0.25) is 4.98 Å². The van der Waals surface area contributed by atoms with Crippen LogP contribution >= 0.6 is 0 Å². The van der Waals surface area contributed by atoms with Gasteiger partial charge in [0.05, 0.1) is 17.1 Å². The molecule has 1 N–H and O–H groups in total. The van der Waals surface area contributed by atoms with E-state index in [2.05, 4.69) is 29.2 Å². The van der Waals surface area contributed by atoms with Gasteiger partial charge in [-0.2, -0.15) is 0 Å². The number of phenolic OH excluding ortho intramolecular Hbond substituents is 1. The Labute approximate surface area is 187 Å². The summed E-state index contributed by atoms with van der Waals surface area (Å²) < 4.78 is 0. The normalized spacial score (nSPS) is 10.8. The fourth-order valence-electron chi connectivity index (χ4n) is 3.85. The molecule has 3 nitrogen and oxygen atoms in total. The maximum Gasteiger partial charge on any atom is 0.125 e. The van der Waals surface area contributed by atoms with Crippen LogP contribution in [0.15, 0.2) is 115 Å². The van der Waals surface area contributed by atoms with E-state index in [9.17, 15) is 5.11 Å². The zero-order chi connectivity index (χ0) is 21.8. The molecule has 154 valence electrons. The van der Waals surface area contributed by atoms with E-state index in [0.29, 0.717) is 0 Å². The molecule has 0 fully saturated rings. The minimum Gasteiger partial charge on any atom is -0.507 e. The topological polar surface area (TPSA) is 46.0 Å². The highest BCUT2D eigenvalue weighted by atomic mass is 16.3. The molecule has 0 amide bonds. The van der Waals surface area contributed by atoms with Gasteiger partial charge in [-0.05, 0) is 60.0 Å². The highest BCUT2D eigenvalue weighted by molar-refractivity contribution is 5.73. The van der Waals surface area contributed by atoms with E-state index < -0.39 is 0 Å². The van der Waals surface area contributed by atoms with Gasteiger partial charge in [0, 0.05) is 22.9 Å². The Balaban J connectivity index is 1.45. The van der Waals surface area contributed by atoms with Gasteiger partial charge in [0.2, 0.25) is 0 Å². The highest BCUT2D eigenvalue weighted by Gasteiger charge is 2.10. The third-order valence-corrected chi connectivity index (χ3v) is 5.46. The van der Waals surface area contributed by atoms with Crippen LogP contribution in [-0.4, -0.2) is 15.1 Å². The Kier molecular flexibility index (Phi) is 5.46. The molecule has 0 bridgehead atoms. The third kappa shape index (κ3) is 4.28. The van der Waals surface area contributed by atoms with Crippen LogP contribution in [0.3, 0.4) is 0 Å². The smallest absolute Gasteiger partial charge is 0.125 e. The van der Waals surface area contributed by atoms with Gasteiger partial charge in [0.1, 0.15) is 5.75 Å². The summed E-state index contributed by atoms with van der Waals surface area (Å²) in [5.41, 5.74) is 7.59. The molecular weight excluding hydrogens is 392 g/mol. The van der Waals surface area contributed by atoms with Gasteiger partial charge in [0.15, 0.2) is 0 Å². The molecule has 0 saturated carbocycles. The van der Waals surface area contributed by atoms with E-state index in [-0.39, 0.29) is 5.75 Å². The number of hydrogen-bond acceptors (Lipinski definition) is 3. The van der Waals surface area contributed by atoms with Crippen molar-refractivity contribution in [1.29, 1.82) is 0 Å². The molecule has 5 aromatic rings. The molecule has 0 aliphatic rings. The number of pyridine rings is 2. The summed E-state index contributed by atoms with van der Waals surface area (Å²) in [6.45, 7) is 0. The van der Waals surface area contributed by atoms with Crippen LogP contribution < -0.4 is 0 Å². The standard InChI is InChI=1S/C29H22N2O/c32-29-19-22(18-21-8-2-1-3-9-21)15-16-25(29)28-14-7-13-27(31-28)24-11-6-10-23(20-24)26-12-4-5-17-30-26/h1-17,19-20,32H,18H2. The van der Waals surface area contributed by atoms with Gasteiger partial charge >= 0.3 is 0 Å². The molecule has 3 aromatic carbocycles. The second kappa shape index (κ2) is 8.86. The molecule has 0 radical (unpaired) electrons. The first-order valence-electron chi connectivity index (χ1n) is 10.6. The molecule has 0 atom stereocenters. The molecule has 0 spiro atoms. The number of nitrogens with zero attached hydrogens (tertiary/aromatic N) is 2. The van der Waals surface area contributed by atoms with Crippen LogP contribution in [0.25, 0.3) is 33.8 Å². The quantitative estimate of drug-likeness (QED) is 0.345. The molecule has 2 heterocycles. The fraction of sp³-hybridized carbons (Fsp3) is 0.0345. The van der Waals surface area contributed by atoms with Gasteiger partial charge in [-0.1, -0.05) is 66.7 Å². The maximum absolute atomic E-state index is 10.7. The summed E-state index contributed by atoms with van der Waals surface area (Å²) in [5, 5.41) is 10.7. The van der Waals surface area contributed by atoms with Crippen LogP contribution in [0.5, 0.6) is 5.75 Å². The molecule has 0 saturated heterocycles. The fourth-order valence-corrected chi connectivity index (χ4v) is 3.85. The summed E-state index contributed by atoms with van der Waals surface area (Å²) in [4.78, 5) is 9.29. The lowest BCUT2D eigenvalue weighted by molar-refractivity contribution is 0.476. The number of aromatic nitrogens is 2. The van der Waals surface area contributed by atoms with Crippen molar-refractivity contribution in [3.63, 3.8) is 0 Å². The number of rotatable bonds is 5. The lowest BCUT2D eigenvalue weighted by Crippen LogP contribution is -1.92. The van der Waals surface area contributed by atoms with E-state index in [1.165, 1.54) is 5.56 Å². The first-order chi connectivity index (χ1) is 15.8.